The Morgan fingerprint density at radius 3 is 2.32 bits per heavy atom. The Kier molecular flexibility index (Phi) is 4.74. The third-order valence-electron chi connectivity index (χ3n) is 7.67. The summed E-state index contributed by atoms with van der Waals surface area (Å²) >= 11 is 0. The SMILES string of the molecule is Oc1ccc([C@@]23C[C@@H](c4ccccc4O2)c2c(cc(O)c4c2O[C@H](c2ccc(O)c(O)c2)[C@@H](O)C4)O3)cc1. The lowest BCUT2D eigenvalue weighted by Gasteiger charge is -2.47. The fourth-order valence-electron chi connectivity index (χ4n) is 5.86. The lowest BCUT2D eigenvalue weighted by molar-refractivity contribution is -0.149. The van der Waals surface area contributed by atoms with Crippen molar-refractivity contribution in [3.63, 3.8) is 0 Å². The number of phenolic OH excluding ortho intramolecular Hbond substituents is 4. The van der Waals surface area contributed by atoms with Crippen molar-refractivity contribution < 1.29 is 39.7 Å². The van der Waals surface area contributed by atoms with Crippen LogP contribution in [-0.2, 0) is 12.2 Å². The van der Waals surface area contributed by atoms with Crippen LogP contribution in [0.1, 0.15) is 46.3 Å². The number of fused-ring (bicyclic) bond motifs is 8. The Labute approximate surface area is 217 Å². The van der Waals surface area contributed by atoms with E-state index in [1.165, 1.54) is 18.2 Å². The Morgan fingerprint density at radius 1 is 0.763 bits per heavy atom. The van der Waals surface area contributed by atoms with Gasteiger partial charge < -0.3 is 39.7 Å². The highest BCUT2D eigenvalue weighted by molar-refractivity contribution is 5.64. The van der Waals surface area contributed by atoms with Crippen molar-refractivity contribution >= 4 is 0 Å². The fourth-order valence-corrected chi connectivity index (χ4v) is 5.86. The summed E-state index contributed by atoms with van der Waals surface area (Å²) in [5, 5.41) is 51.6. The molecular formula is C30H24O8. The third kappa shape index (κ3) is 3.27. The summed E-state index contributed by atoms with van der Waals surface area (Å²) in [6, 6.07) is 20.2. The summed E-state index contributed by atoms with van der Waals surface area (Å²) in [5.41, 5.74) is 3.35. The highest BCUT2D eigenvalue weighted by Gasteiger charge is 2.52. The number of aromatic hydroxyl groups is 4. The van der Waals surface area contributed by atoms with Crippen molar-refractivity contribution in [1.29, 1.82) is 0 Å². The molecule has 0 spiro atoms. The number of aliphatic hydroxyl groups excluding tert-OH is 1. The number of hydrogen-bond acceptors (Lipinski definition) is 8. The van der Waals surface area contributed by atoms with Crippen LogP contribution in [0.2, 0.25) is 0 Å². The van der Waals surface area contributed by atoms with Crippen LogP contribution < -0.4 is 14.2 Å². The average molecular weight is 513 g/mol. The molecule has 2 bridgehead atoms. The molecule has 4 aromatic rings. The molecule has 0 aliphatic carbocycles. The number of para-hydroxylation sites is 1. The van der Waals surface area contributed by atoms with Crippen molar-refractivity contribution in [3.8, 4) is 40.2 Å². The smallest absolute Gasteiger partial charge is 0.278 e. The molecule has 192 valence electrons. The van der Waals surface area contributed by atoms with Gasteiger partial charge >= 0.3 is 0 Å². The van der Waals surface area contributed by atoms with Gasteiger partial charge in [0.05, 0.1) is 6.10 Å². The number of rotatable bonds is 2. The zero-order valence-corrected chi connectivity index (χ0v) is 20.0. The lowest BCUT2D eigenvalue weighted by atomic mass is 9.76. The number of phenols is 4. The van der Waals surface area contributed by atoms with Crippen LogP contribution in [0, 0.1) is 0 Å². The van der Waals surface area contributed by atoms with E-state index in [-0.39, 0.29) is 35.3 Å². The second-order valence-electron chi connectivity index (χ2n) is 9.97. The minimum atomic E-state index is -1.20. The van der Waals surface area contributed by atoms with Gasteiger partial charge in [-0.2, -0.15) is 0 Å². The zero-order chi connectivity index (χ0) is 26.2. The topological polar surface area (TPSA) is 129 Å². The van der Waals surface area contributed by atoms with Gasteiger partial charge in [0.1, 0.15) is 34.9 Å². The first-order valence-corrected chi connectivity index (χ1v) is 12.3. The normalized spacial score (nSPS) is 24.6. The molecular weight excluding hydrogens is 488 g/mol. The predicted molar refractivity (Wildman–Crippen MR) is 135 cm³/mol. The molecule has 0 radical (unpaired) electrons. The maximum Gasteiger partial charge on any atom is 0.278 e. The third-order valence-corrected chi connectivity index (χ3v) is 7.67. The van der Waals surface area contributed by atoms with E-state index in [0.717, 1.165) is 11.1 Å². The summed E-state index contributed by atoms with van der Waals surface area (Å²) in [6.45, 7) is 0. The van der Waals surface area contributed by atoms with Gasteiger partial charge in [-0.3, -0.25) is 0 Å². The van der Waals surface area contributed by atoms with Gasteiger partial charge in [0.25, 0.3) is 5.79 Å². The van der Waals surface area contributed by atoms with E-state index in [4.69, 9.17) is 14.2 Å². The van der Waals surface area contributed by atoms with E-state index in [1.54, 1.807) is 30.3 Å². The van der Waals surface area contributed by atoms with Crippen LogP contribution in [0.5, 0.6) is 40.2 Å². The first-order chi connectivity index (χ1) is 18.3. The van der Waals surface area contributed by atoms with Crippen LogP contribution in [0.25, 0.3) is 0 Å². The summed E-state index contributed by atoms with van der Waals surface area (Å²) in [6.07, 6.45) is -1.32. The summed E-state index contributed by atoms with van der Waals surface area (Å²) in [5.74, 6) is -0.493. The monoisotopic (exact) mass is 512 g/mol. The zero-order valence-electron chi connectivity index (χ0n) is 20.0. The summed E-state index contributed by atoms with van der Waals surface area (Å²) in [4.78, 5) is 0. The molecule has 3 aliphatic heterocycles. The summed E-state index contributed by atoms with van der Waals surface area (Å²) < 4.78 is 19.4. The number of ether oxygens (including phenoxy) is 3. The van der Waals surface area contributed by atoms with Crippen molar-refractivity contribution in [3.05, 3.63) is 101 Å². The molecule has 8 nitrogen and oxygen atoms in total. The molecule has 0 unspecified atom stereocenters. The molecule has 0 fully saturated rings. The van der Waals surface area contributed by atoms with E-state index in [2.05, 4.69) is 0 Å². The maximum atomic E-state index is 11.0. The van der Waals surface area contributed by atoms with E-state index in [9.17, 15) is 25.5 Å². The molecule has 0 amide bonds. The first-order valence-electron chi connectivity index (χ1n) is 12.3. The van der Waals surface area contributed by atoms with Gasteiger partial charge in [-0.05, 0) is 48.0 Å². The van der Waals surface area contributed by atoms with Gasteiger partial charge in [-0.1, -0.05) is 24.3 Å². The quantitative estimate of drug-likeness (QED) is 0.244. The molecule has 4 aromatic carbocycles. The minimum Gasteiger partial charge on any atom is -0.508 e. The van der Waals surface area contributed by atoms with Gasteiger partial charge in [0.15, 0.2) is 11.5 Å². The second-order valence-corrected chi connectivity index (χ2v) is 9.97. The van der Waals surface area contributed by atoms with Crippen LogP contribution in [0.15, 0.2) is 72.8 Å². The molecule has 0 saturated carbocycles. The standard InChI is InChI=1S/C30H24O8/c31-17-8-6-16(7-9-17)30-14-20(18-3-1-2-4-25(18)37-30)27-26(38-30)13-22(33)19-12-24(35)28(36-29(19)27)15-5-10-21(32)23(34)11-15/h1-11,13,20,24,28,31-35H,12,14H2/t20-,24-,28+,30-/m0/s1. The van der Waals surface area contributed by atoms with E-state index in [1.807, 2.05) is 24.3 Å². The molecule has 0 aromatic heterocycles. The maximum absolute atomic E-state index is 11.0. The first kappa shape index (κ1) is 22.6. The molecule has 38 heavy (non-hydrogen) atoms. The number of hydrogen-bond donors (Lipinski definition) is 5. The van der Waals surface area contributed by atoms with Gasteiger partial charge in [-0.15, -0.1) is 0 Å². The van der Waals surface area contributed by atoms with E-state index >= 15 is 0 Å². The second kappa shape index (κ2) is 7.97. The molecule has 8 heteroatoms. The molecule has 0 saturated heterocycles. The van der Waals surface area contributed by atoms with Crippen LogP contribution in [0.3, 0.4) is 0 Å². The van der Waals surface area contributed by atoms with Gasteiger partial charge in [0.2, 0.25) is 0 Å². The lowest BCUT2D eigenvalue weighted by Crippen LogP contribution is -2.47. The Morgan fingerprint density at radius 2 is 1.53 bits per heavy atom. The average Bonchev–Trinajstić information content (AvgIpc) is 2.90. The van der Waals surface area contributed by atoms with Crippen molar-refractivity contribution in [1.82, 2.24) is 0 Å². The van der Waals surface area contributed by atoms with Crippen molar-refractivity contribution in [2.75, 3.05) is 0 Å². The van der Waals surface area contributed by atoms with Crippen LogP contribution >= 0.6 is 0 Å². The van der Waals surface area contributed by atoms with E-state index < -0.39 is 18.0 Å². The molecule has 4 atom stereocenters. The highest BCUT2D eigenvalue weighted by atomic mass is 16.7. The number of aliphatic hydroxyl groups is 1. The Bertz CT molecular complexity index is 1580. The van der Waals surface area contributed by atoms with Crippen LogP contribution in [0.4, 0.5) is 0 Å². The van der Waals surface area contributed by atoms with Crippen molar-refractivity contribution in [2.24, 2.45) is 0 Å². The highest BCUT2D eigenvalue weighted by Crippen LogP contribution is 2.60. The molecule has 5 N–H and O–H groups in total. The number of benzene rings is 4. The predicted octanol–water partition coefficient (Wildman–Crippen LogP) is 4.71. The fraction of sp³-hybridized carbons (Fsp3) is 0.200. The minimum absolute atomic E-state index is 0.0704. The van der Waals surface area contributed by atoms with Crippen LogP contribution in [-0.4, -0.2) is 31.6 Å². The molecule has 7 rings (SSSR count). The Balaban J connectivity index is 1.41. The molecule has 3 heterocycles. The van der Waals surface area contributed by atoms with Gasteiger partial charge in [-0.25, -0.2) is 0 Å². The Hall–Kier alpha value is -4.56. The molecule has 3 aliphatic rings. The van der Waals surface area contributed by atoms with Gasteiger partial charge in [0, 0.05) is 47.1 Å². The largest absolute Gasteiger partial charge is 0.508 e. The summed E-state index contributed by atoms with van der Waals surface area (Å²) in [7, 11) is 0. The van der Waals surface area contributed by atoms with E-state index in [0.29, 0.717) is 40.4 Å². The van der Waals surface area contributed by atoms with Crippen molar-refractivity contribution in [2.45, 2.75) is 36.8 Å².